The molecule has 8 heteroatoms. The molecular formula is C21H22N4O4. The van der Waals surface area contributed by atoms with Crippen molar-refractivity contribution in [1.29, 1.82) is 0 Å². The van der Waals surface area contributed by atoms with Gasteiger partial charge in [0.05, 0.1) is 17.4 Å². The standard InChI is InChI=1S/C21H22N4O4/c1-25(13-19-23-16-5-3-2-4-15(16)21(27)24-19)9-8-20(26)22-14-6-7-17-18(12-14)29-11-10-28-17/h2-7,12H,8-11,13H2,1H3,(H,22,26)(H,23,24,27). The maximum absolute atomic E-state index is 12.3. The van der Waals surface area contributed by atoms with Crippen LogP contribution in [0.3, 0.4) is 0 Å². The second-order valence-corrected chi connectivity index (χ2v) is 6.92. The Hall–Kier alpha value is -3.39. The fourth-order valence-corrected chi connectivity index (χ4v) is 3.18. The molecular weight excluding hydrogens is 372 g/mol. The summed E-state index contributed by atoms with van der Waals surface area (Å²) in [5.74, 6) is 1.79. The summed E-state index contributed by atoms with van der Waals surface area (Å²) >= 11 is 0. The van der Waals surface area contributed by atoms with Crippen LogP contribution in [-0.4, -0.2) is 47.6 Å². The molecule has 0 fully saturated rings. The molecule has 29 heavy (non-hydrogen) atoms. The minimum absolute atomic E-state index is 0.103. The van der Waals surface area contributed by atoms with Gasteiger partial charge in [0.2, 0.25) is 5.91 Å². The minimum Gasteiger partial charge on any atom is -0.486 e. The predicted octanol–water partition coefficient (Wildman–Crippen LogP) is 2.15. The van der Waals surface area contributed by atoms with Crippen molar-refractivity contribution in [2.24, 2.45) is 0 Å². The lowest BCUT2D eigenvalue weighted by Gasteiger charge is -2.19. The first-order valence-corrected chi connectivity index (χ1v) is 9.44. The van der Waals surface area contributed by atoms with Crippen molar-refractivity contribution in [1.82, 2.24) is 14.9 Å². The summed E-state index contributed by atoms with van der Waals surface area (Å²) in [6.07, 6.45) is 0.308. The molecule has 8 nitrogen and oxygen atoms in total. The Morgan fingerprint density at radius 3 is 2.83 bits per heavy atom. The summed E-state index contributed by atoms with van der Waals surface area (Å²) in [5.41, 5.74) is 1.17. The highest BCUT2D eigenvalue weighted by Crippen LogP contribution is 2.32. The third-order valence-electron chi connectivity index (χ3n) is 4.63. The lowest BCUT2D eigenvalue weighted by Crippen LogP contribution is -2.26. The van der Waals surface area contributed by atoms with Crippen molar-refractivity contribution < 1.29 is 14.3 Å². The van der Waals surface area contributed by atoms with Crippen LogP contribution >= 0.6 is 0 Å². The molecule has 2 aromatic carbocycles. The summed E-state index contributed by atoms with van der Waals surface area (Å²) in [5, 5.41) is 3.44. The lowest BCUT2D eigenvalue weighted by atomic mass is 10.2. The van der Waals surface area contributed by atoms with E-state index in [1.54, 1.807) is 24.3 Å². The zero-order valence-corrected chi connectivity index (χ0v) is 16.1. The maximum Gasteiger partial charge on any atom is 0.258 e. The number of rotatable bonds is 6. The Morgan fingerprint density at radius 2 is 1.97 bits per heavy atom. The topological polar surface area (TPSA) is 96.6 Å². The van der Waals surface area contributed by atoms with Crippen molar-refractivity contribution in [2.75, 3.05) is 32.1 Å². The first kappa shape index (κ1) is 18.9. The van der Waals surface area contributed by atoms with Crippen LogP contribution in [0.1, 0.15) is 12.2 Å². The van der Waals surface area contributed by atoms with Crippen LogP contribution in [-0.2, 0) is 11.3 Å². The second-order valence-electron chi connectivity index (χ2n) is 6.92. The van der Waals surface area contributed by atoms with Gasteiger partial charge in [-0.25, -0.2) is 4.98 Å². The molecule has 0 spiro atoms. The molecule has 1 aliphatic rings. The molecule has 0 saturated heterocycles. The number of para-hydroxylation sites is 1. The van der Waals surface area contributed by atoms with Gasteiger partial charge in [0.25, 0.3) is 5.56 Å². The maximum atomic E-state index is 12.3. The molecule has 3 aromatic rings. The number of benzene rings is 2. The van der Waals surface area contributed by atoms with Gasteiger partial charge in [-0.05, 0) is 31.3 Å². The van der Waals surface area contributed by atoms with Gasteiger partial charge in [0, 0.05) is 24.7 Å². The van der Waals surface area contributed by atoms with E-state index >= 15 is 0 Å². The number of amides is 1. The molecule has 1 aromatic heterocycles. The summed E-state index contributed by atoms with van der Waals surface area (Å²) in [6, 6.07) is 12.6. The highest BCUT2D eigenvalue weighted by Gasteiger charge is 2.13. The number of aromatic nitrogens is 2. The van der Waals surface area contributed by atoms with Crippen LogP contribution in [0.4, 0.5) is 5.69 Å². The van der Waals surface area contributed by atoms with E-state index < -0.39 is 0 Å². The van der Waals surface area contributed by atoms with Crippen molar-refractivity contribution in [3.63, 3.8) is 0 Å². The van der Waals surface area contributed by atoms with E-state index in [2.05, 4.69) is 15.3 Å². The van der Waals surface area contributed by atoms with Crippen molar-refractivity contribution in [3.8, 4) is 11.5 Å². The van der Waals surface area contributed by atoms with Crippen LogP contribution in [0.15, 0.2) is 47.3 Å². The molecule has 0 atom stereocenters. The highest BCUT2D eigenvalue weighted by atomic mass is 16.6. The fraction of sp³-hybridized carbons (Fsp3) is 0.286. The first-order chi connectivity index (χ1) is 14.1. The minimum atomic E-state index is -0.157. The van der Waals surface area contributed by atoms with E-state index in [0.717, 1.165) is 0 Å². The third kappa shape index (κ3) is 4.55. The Morgan fingerprint density at radius 1 is 1.17 bits per heavy atom. The number of H-pyrrole nitrogens is 1. The van der Waals surface area contributed by atoms with Crippen molar-refractivity contribution in [2.45, 2.75) is 13.0 Å². The van der Waals surface area contributed by atoms with Gasteiger partial charge in [-0.1, -0.05) is 12.1 Å². The van der Waals surface area contributed by atoms with Crippen molar-refractivity contribution in [3.05, 3.63) is 58.6 Å². The number of nitrogens with zero attached hydrogens (tertiary/aromatic N) is 2. The number of anilines is 1. The Bertz CT molecular complexity index is 1100. The van der Waals surface area contributed by atoms with Gasteiger partial charge in [0.1, 0.15) is 19.0 Å². The monoisotopic (exact) mass is 394 g/mol. The number of aromatic amines is 1. The predicted molar refractivity (Wildman–Crippen MR) is 109 cm³/mol. The third-order valence-corrected chi connectivity index (χ3v) is 4.63. The van der Waals surface area contributed by atoms with Gasteiger partial charge in [0.15, 0.2) is 11.5 Å². The van der Waals surface area contributed by atoms with E-state index in [9.17, 15) is 9.59 Å². The largest absolute Gasteiger partial charge is 0.486 e. The summed E-state index contributed by atoms with van der Waals surface area (Å²) < 4.78 is 11.0. The Kier molecular flexibility index (Phi) is 5.44. The number of nitrogens with one attached hydrogen (secondary N) is 2. The molecule has 2 heterocycles. The molecule has 4 rings (SSSR count). The fourth-order valence-electron chi connectivity index (χ4n) is 3.18. The normalized spacial score (nSPS) is 12.9. The van der Waals surface area contributed by atoms with Crippen LogP contribution in [0.5, 0.6) is 11.5 Å². The smallest absolute Gasteiger partial charge is 0.258 e. The number of hydrogen-bond donors (Lipinski definition) is 2. The highest BCUT2D eigenvalue weighted by molar-refractivity contribution is 5.91. The average Bonchev–Trinajstić information content (AvgIpc) is 2.72. The summed E-state index contributed by atoms with van der Waals surface area (Å²) in [6.45, 7) is 1.99. The molecule has 150 valence electrons. The summed E-state index contributed by atoms with van der Waals surface area (Å²) in [4.78, 5) is 33.7. The molecule has 0 radical (unpaired) electrons. The van der Waals surface area contributed by atoms with Gasteiger partial charge in [-0.2, -0.15) is 0 Å². The number of carbonyl (C=O) groups excluding carboxylic acids is 1. The molecule has 0 aliphatic carbocycles. The SMILES string of the molecule is CN(CCC(=O)Nc1ccc2c(c1)OCCO2)Cc1nc2ccccc2c(=O)[nH]1. The molecule has 1 aliphatic heterocycles. The van der Waals surface area contributed by atoms with Crippen LogP contribution < -0.4 is 20.3 Å². The van der Waals surface area contributed by atoms with E-state index in [1.165, 1.54) is 0 Å². The van der Waals surface area contributed by atoms with Crippen LogP contribution in [0, 0.1) is 0 Å². The zero-order valence-electron chi connectivity index (χ0n) is 16.1. The van der Waals surface area contributed by atoms with Crippen LogP contribution in [0.25, 0.3) is 10.9 Å². The molecule has 0 saturated carbocycles. The first-order valence-electron chi connectivity index (χ1n) is 9.44. The molecule has 1 amide bonds. The van der Waals surface area contributed by atoms with Gasteiger partial charge in [-0.15, -0.1) is 0 Å². The van der Waals surface area contributed by atoms with Crippen molar-refractivity contribution >= 4 is 22.5 Å². The second kappa shape index (κ2) is 8.32. The van der Waals surface area contributed by atoms with Crippen LogP contribution in [0.2, 0.25) is 0 Å². The van der Waals surface area contributed by atoms with E-state index in [0.29, 0.717) is 66.6 Å². The average molecular weight is 394 g/mol. The van der Waals surface area contributed by atoms with E-state index in [4.69, 9.17) is 9.47 Å². The van der Waals surface area contributed by atoms with Gasteiger partial charge < -0.3 is 19.8 Å². The lowest BCUT2D eigenvalue weighted by molar-refractivity contribution is -0.116. The quantitative estimate of drug-likeness (QED) is 0.665. The summed E-state index contributed by atoms with van der Waals surface area (Å²) in [7, 11) is 1.88. The van der Waals surface area contributed by atoms with E-state index in [1.807, 2.05) is 30.1 Å². The molecule has 2 N–H and O–H groups in total. The number of fused-ring (bicyclic) bond motifs is 2. The van der Waals surface area contributed by atoms with Gasteiger partial charge >= 0.3 is 0 Å². The number of carbonyl (C=O) groups is 1. The van der Waals surface area contributed by atoms with Gasteiger partial charge in [-0.3, -0.25) is 14.5 Å². The zero-order chi connectivity index (χ0) is 20.2. The van der Waals surface area contributed by atoms with E-state index in [-0.39, 0.29) is 11.5 Å². The molecule has 0 unspecified atom stereocenters. The number of hydrogen-bond acceptors (Lipinski definition) is 6. The Labute approximate surface area is 167 Å². The molecule has 0 bridgehead atoms. The Balaban J connectivity index is 1.32. The number of ether oxygens (including phenoxy) is 2.